The summed E-state index contributed by atoms with van der Waals surface area (Å²) in [5, 5.41) is 23.0. The predicted molar refractivity (Wildman–Crippen MR) is 152 cm³/mol. The fourth-order valence-corrected chi connectivity index (χ4v) is 4.80. The fraction of sp³-hybridized carbons (Fsp3) is 0.310. The minimum atomic E-state index is -1.05. The molecule has 216 valence electrons. The molecule has 5 heterocycles. The van der Waals surface area contributed by atoms with E-state index in [0.29, 0.717) is 49.2 Å². The second kappa shape index (κ2) is 11.4. The van der Waals surface area contributed by atoms with Crippen LogP contribution in [0.2, 0.25) is 0 Å². The monoisotopic (exact) mass is 570 g/mol. The average Bonchev–Trinajstić information content (AvgIpc) is 3.73. The van der Waals surface area contributed by atoms with Gasteiger partial charge in [0.1, 0.15) is 17.2 Å². The Morgan fingerprint density at radius 3 is 2.55 bits per heavy atom. The molecule has 42 heavy (non-hydrogen) atoms. The summed E-state index contributed by atoms with van der Waals surface area (Å²) in [6.45, 7) is 6.42. The lowest BCUT2D eigenvalue weighted by molar-refractivity contribution is -0.151. The van der Waals surface area contributed by atoms with Crippen LogP contribution in [0.4, 0.5) is 5.82 Å². The van der Waals surface area contributed by atoms with Crippen LogP contribution in [0, 0.1) is 13.8 Å². The molecular formula is C29H30N8O5. The van der Waals surface area contributed by atoms with Crippen LogP contribution in [0.1, 0.15) is 24.1 Å². The van der Waals surface area contributed by atoms with Crippen molar-refractivity contribution in [2.75, 3.05) is 31.2 Å². The first kappa shape index (κ1) is 27.1. The number of hydrogen-bond donors (Lipinski definition) is 1. The number of aryl methyl sites for hydroxylation is 2. The summed E-state index contributed by atoms with van der Waals surface area (Å²) in [5.74, 6) is -0.133. The molecule has 4 aromatic heterocycles. The first-order valence-electron chi connectivity index (χ1n) is 13.6. The van der Waals surface area contributed by atoms with Gasteiger partial charge in [-0.3, -0.25) is 9.59 Å². The van der Waals surface area contributed by atoms with E-state index in [0.717, 1.165) is 28.3 Å². The predicted octanol–water partition coefficient (Wildman–Crippen LogP) is 3.26. The number of esters is 1. The molecule has 1 saturated heterocycles. The van der Waals surface area contributed by atoms with Crippen LogP contribution in [-0.2, 0) is 25.8 Å². The molecule has 13 nitrogen and oxygen atoms in total. The highest BCUT2D eigenvalue weighted by Gasteiger charge is 2.21. The Morgan fingerprint density at radius 2 is 1.76 bits per heavy atom. The Kier molecular flexibility index (Phi) is 7.40. The van der Waals surface area contributed by atoms with Gasteiger partial charge in [0.05, 0.1) is 31.7 Å². The van der Waals surface area contributed by atoms with Gasteiger partial charge in [0.25, 0.3) is 0 Å². The molecule has 13 heteroatoms. The van der Waals surface area contributed by atoms with E-state index in [1.54, 1.807) is 9.20 Å². The van der Waals surface area contributed by atoms with Crippen molar-refractivity contribution in [2.45, 2.75) is 33.4 Å². The molecule has 1 aliphatic rings. The van der Waals surface area contributed by atoms with Gasteiger partial charge in [-0.1, -0.05) is 23.8 Å². The molecule has 6 rings (SSSR count). The van der Waals surface area contributed by atoms with Crippen LogP contribution in [0.15, 0.2) is 54.7 Å². The molecular weight excluding hydrogens is 540 g/mol. The lowest BCUT2D eigenvalue weighted by atomic mass is 10.1. The summed E-state index contributed by atoms with van der Waals surface area (Å²) in [7, 11) is 0. The van der Waals surface area contributed by atoms with Gasteiger partial charge in [-0.25, -0.2) is 14.3 Å². The smallest absolute Gasteiger partial charge is 0.308 e. The molecule has 1 fully saturated rings. The molecule has 0 amide bonds. The van der Waals surface area contributed by atoms with Gasteiger partial charge in [0.2, 0.25) is 0 Å². The van der Waals surface area contributed by atoms with Crippen molar-refractivity contribution in [3.63, 3.8) is 0 Å². The van der Waals surface area contributed by atoms with E-state index in [1.165, 1.54) is 4.68 Å². The van der Waals surface area contributed by atoms with Crippen LogP contribution in [0.3, 0.4) is 0 Å². The van der Waals surface area contributed by atoms with Crippen molar-refractivity contribution in [1.82, 2.24) is 34.2 Å². The van der Waals surface area contributed by atoms with E-state index in [2.05, 4.69) is 29.1 Å². The zero-order valence-corrected chi connectivity index (χ0v) is 23.3. The molecule has 0 spiro atoms. The van der Waals surface area contributed by atoms with Crippen molar-refractivity contribution in [1.29, 1.82) is 0 Å². The Morgan fingerprint density at radius 1 is 0.952 bits per heavy atom. The number of fused-ring (bicyclic) bond motifs is 1. The molecule has 0 radical (unpaired) electrons. The highest BCUT2D eigenvalue weighted by Crippen LogP contribution is 2.26. The number of morpholine rings is 1. The van der Waals surface area contributed by atoms with E-state index in [9.17, 15) is 9.59 Å². The number of rotatable bonds is 9. The Labute approximate surface area is 240 Å². The Bertz CT molecular complexity index is 1760. The molecule has 0 unspecified atom stereocenters. The highest BCUT2D eigenvalue weighted by atomic mass is 16.5. The van der Waals surface area contributed by atoms with Gasteiger partial charge < -0.3 is 19.5 Å². The third-order valence-corrected chi connectivity index (χ3v) is 7.00. The Hall–Kier alpha value is -5.04. The summed E-state index contributed by atoms with van der Waals surface area (Å²) < 4.78 is 15.9. The van der Waals surface area contributed by atoms with Gasteiger partial charge in [0, 0.05) is 42.7 Å². The zero-order valence-electron chi connectivity index (χ0n) is 23.3. The molecule has 0 aliphatic carbocycles. The van der Waals surface area contributed by atoms with Crippen LogP contribution in [0.5, 0.6) is 0 Å². The summed E-state index contributed by atoms with van der Waals surface area (Å²) in [5.41, 5.74) is 5.64. The normalized spacial score (nSPS) is 13.5. The minimum absolute atomic E-state index is 0.123. The minimum Gasteiger partial charge on any atom is -0.481 e. The molecule has 0 saturated carbocycles. The lowest BCUT2D eigenvalue weighted by Crippen LogP contribution is -2.37. The number of nitrogens with zero attached hydrogens (tertiary/aromatic N) is 8. The largest absolute Gasteiger partial charge is 0.481 e. The number of hydrogen-bond acceptors (Lipinski definition) is 9. The van der Waals surface area contributed by atoms with Gasteiger partial charge in [-0.05, 0) is 32.0 Å². The van der Waals surface area contributed by atoms with Gasteiger partial charge in [-0.15, -0.1) is 0 Å². The van der Waals surface area contributed by atoms with Crippen molar-refractivity contribution in [3.05, 3.63) is 66.0 Å². The number of carboxylic acids is 1. The van der Waals surface area contributed by atoms with E-state index >= 15 is 0 Å². The molecule has 5 aromatic rings. The first-order chi connectivity index (χ1) is 20.3. The van der Waals surface area contributed by atoms with Gasteiger partial charge in [0.15, 0.2) is 18.2 Å². The molecule has 0 bridgehead atoms. The first-order valence-corrected chi connectivity index (χ1v) is 13.6. The topological polar surface area (TPSA) is 142 Å². The van der Waals surface area contributed by atoms with Crippen LogP contribution in [-0.4, -0.2) is 77.5 Å². The highest BCUT2D eigenvalue weighted by molar-refractivity contribution is 5.76. The SMILES string of the molecule is Cc1cccc(-c2ccn(-c3cc(N4CCOCC4)n4nc(-c5cc(C)n(COC(=O)CCC(=O)O)n5)cc4n3)n2)c1. The average molecular weight is 571 g/mol. The van der Waals surface area contributed by atoms with Crippen LogP contribution >= 0.6 is 0 Å². The molecule has 0 atom stereocenters. The number of aliphatic carboxylic acids is 1. The third kappa shape index (κ3) is 5.72. The number of ether oxygens (including phenoxy) is 2. The summed E-state index contributed by atoms with van der Waals surface area (Å²) in [6.07, 6.45) is 1.42. The molecule has 1 aromatic carbocycles. The number of carboxylic acid groups (broad SMARTS) is 1. The standard InChI is InChI=1S/C29H30N8O5/c1-19-4-3-5-21(14-19)22-8-9-35(31-22)25-17-27(34-10-12-41-13-11-34)37-26(30-25)16-24(33-37)23-15-20(2)36(32-23)18-42-29(40)7-6-28(38)39/h3-5,8-9,14-17H,6-7,10-13,18H2,1-2H3,(H,38,39). The maximum absolute atomic E-state index is 11.9. The van der Waals surface area contributed by atoms with Crippen molar-refractivity contribution in [3.8, 4) is 28.5 Å². The quantitative estimate of drug-likeness (QED) is 0.262. The van der Waals surface area contributed by atoms with E-state index < -0.39 is 11.9 Å². The van der Waals surface area contributed by atoms with Crippen molar-refractivity contribution >= 4 is 23.4 Å². The van der Waals surface area contributed by atoms with Gasteiger partial charge in [-0.2, -0.15) is 19.8 Å². The van der Waals surface area contributed by atoms with Crippen molar-refractivity contribution < 1.29 is 24.2 Å². The second-order valence-corrected chi connectivity index (χ2v) is 10.1. The van der Waals surface area contributed by atoms with Gasteiger partial charge >= 0.3 is 11.9 Å². The fourth-order valence-electron chi connectivity index (χ4n) is 4.80. The molecule has 1 N–H and O–H groups in total. The van der Waals surface area contributed by atoms with E-state index in [-0.39, 0.29) is 19.6 Å². The maximum atomic E-state index is 11.9. The number of benzene rings is 1. The van der Waals surface area contributed by atoms with E-state index in [4.69, 9.17) is 29.8 Å². The van der Waals surface area contributed by atoms with Crippen LogP contribution in [0.25, 0.3) is 34.1 Å². The summed E-state index contributed by atoms with van der Waals surface area (Å²) in [6, 6.07) is 15.9. The zero-order chi connectivity index (χ0) is 29.2. The van der Waals surface area contributed by atoms with E-state index in [1.807, 2.05) is 49.5 Å². The van der Waals surface area contributed by atoms with Crippen molar-refractivity contribution in [2.24, 2.45) is 0 Å². The lowest BCUT2D eigenvalue weighted by Gasteiger charge is -2.29. The molecule has 1 aliphatic heterocycles. The maximum Gasteiger partial charge on any atom is 0.308 e. The number of carbonyl (C=O) groups excluding carboxylic acids is 1. The number of aromatic nitrogens is 7. The number of carbonyl (C=O) groups is 2. The Balaban J connectivity index is 1.32. The summed E-state index contributed by atoms with van der Waals surface area (Å²) in [4.78, 5) is 29.7. The summed E-state index contributed by atoms with van der Waals surface area (Å²) >= 11 is 0. The second-order valence-electron chi connectivity index (χ2n) is 10.1. The van der Waals surface area contributed by atoms with Crippen LogP contribution < -0.4 is 4.90 Å². The number of anilines is 1. The third-order valence-electron chi connectivity index (χ3n) is 7.00.